The van der Waals surface area contributed by atoms with Gasteiger partial charge in [-0.1, -0.05) is 11.6 Å². The number of carbonyl (C=O) groups is 2. The van der Waals surface area contributed by atoms with Crippen molar-refractivity contribution >= 4 is 40.1 Å². The molecular formula is C19H15ClN4O4. The first-order valence-corrected chi connectivity index (χ1v) is 8.73. The molecule has 28 heavy (non-hydrogen) atoms. The van der Waals surface area contributed by atoms with Crippen LogP contribution in [0.2, 0.25) is 5.02 Å². The smallest absolute Gasteiger partial charge is 0.341 e. The molecule has 1 amide bonds. The number of fused-ring (bicyclic) bond motifs is 2. The molecule has 0 atom stereocenters. The van der Waals surface area contributed by atoms with Gasteiger partial charge in [-0.3, -0.25) is 4.79 Å². The van der Waals surface area contributed by atoms with Gasteiger partial charge >= 0.3 is 5.97 Å². The second-order valence-corrected chi connectivity index (χ2v) is 6.59. The number of halogens is 1. The van der Waals surface area contributed by atoms with Crippen LogP contribution in [-0.2, 0) is 11.3 Å². The summed E-state index contributed by atoms with van der Waals surface area (Å²) >= 11 is 6.06. The van der Waals surface area contributed by atoms with Crippen molar-refractivity contribution in [2.45, 2.75) is 13.5 Å². The van der Waals surface area contributed by atoms with Gasteiger partial charge in [0.25, 0.3) is 5.91 Å². The monoisotopic (exact) mass is 398 g/mol. The van der Waals surface area contributed by atoms with Crippen molar-refractivity contribution in [2.24, 2.45) is 0 Å². The van der Waals surface area contributed by atoms with Gasteiger partial charge in [-0.15, -0.1) is 0 Å². The van der Waals surface area contributed by atoms with Crippen LogP contribution in [0.1, 0.15) is 32.2 Å². The number of aryl methyl sites for hydroxylation is 1. The lowest BCUT2D eigenvalue weighted by Crippen LogP contribution is -2.22. The summed E-state index contributed by atoms with van der Waals surface area (Å²) in [5.74, 6) is -0.415. The Balaban J connectivity index is 1.59. The fraction of sp³-hybridized carbons (Fsp3) is 0.158. The van der Waals surface area contributed by atoms with Gasteiger partial charge in [-0.05, 0) is 31.2 Å². The van der Waals surface area contributed by atoms with Crippen molar-refractivity contribution in [2.75, 3.05) is 7.11 Å². The minimum atomic E-state index is -0.551. The predicted molar refractivity (Wildman–Crippen MR) is 101 cm³/mol. The van der Waals surface area contributed by atoms with Crippen LogP contribution in [-0.4, -0.2) is 33.6 Å². The predicted octanol–water partition coefficient (Wildman–Crippen LogP) is 3.15. The van der Waals surface area contributed by atoms with Gasteiger partial charge in [0.15, 0.2) is 5.65 Å². The number of benzene rings is 1. The third kappa shape index (κ3) is 3.18. The van der Waals surface area contributed by atoms with E-state index in [1.165, 1.54) is 23.9 Å². The molecule has 0 aliphatic carbocycles. The number of carbonyl (C=O) groups excluding carboxylic acids is 2. The van der Waals surface area contributed by atoms with Crippen LogP contribution in [0.25, 0.3) is 16.6 Å². The molecule has 4 rings (SSSR count). The van der Waals surface area contributed by atoms with Crippen LogP contribution in [0.3, 0.4) is 0 Å². The van der Waals surface area contributed by atoms with E-state index in [0.29, 0.717) is 33.0 Å². The van der Waals surface area contributed by atoms with Crippen LogP contribution in [0, 0.1) is 6.92 Å². The molecule has 4 aromatic rings. The molecule has 0 saturated carbocycles. The van der Waals surface area contributed by atoms with E-state index in [1.54, 1.807) is 24.4 Å². The second kappa shape index (κ2) is 6.97. The summed E-state index contributed by atoms with van der Waals surface area (Å²) in [4.78, 5) is 28.8. The summed E-state index contributed by atoms with van der Waals surface area (Å²) in [6.07, 6.45) is 3.21. The molecule has 1 aromatic carbocycles. The van der Waals surface area contributed by atoms with Crippen molar-refractivity contribution in [1.82, 2.24) is 19.9 Å². The zero-order valence-electron chi connectivity index (χ0n) is 15.0. The van der Waals surface area contributed by atoms with E-state index in [9.17, 15) is 9.59 Å². The van der Waals surface area contributed by atoms with E-state index in [0.717, 1.165) is 5.69 Å². The molecule has 9 heteroatoms. The summed E-state index contributed by atoms with van der Waals surface area (Å²) in [6, 6.07) is 6.68. The van der Waals surface area contributed by atoms with E-state index in [4.69, 9.17) is 20.8 Å². The van der Waals surface area contributed by atoms with Gasteiger partial charge in [-0.2, -0.15) is 5.10 Å². The van der Waals surface area contributed by atoms with Crippen molar-refractivity contribution in [1.29, 1.82) is 0 Å². The molecule has 8 nitrogen and oxygen atoms in total. The number of furan rings is 1. The molecule has 3 heterocycles. The van der Waals surface area contributed by atoms with E-state index in [1.807, 2.05) is 6.92 Å². The van der Waals surface area contributed by atoms with Gasteiger partial charge in [0.05, 0.1) is 19.9 Å². The largest absolute Gasteiger partial charge is 0.465 e. The quantitative estimate of drug-likeness (QED) is 0.530. The fourth-order valence-electron chi connectivity index (χ4n) is 2.90. The molecular weight excluding hydrogens is 384 g/mol. The summed E-state index contributed by atoms with van der Waals surface area (Å²) in [5.41, 5.74) is 2.20. The normalized spacial score (nSPS) is 11.1. The number of esters is 1. The number of hydrogen-bond acceptors (Lipinski definition) is 6. The third-order valence-corrected chi connectivity index (χ3v) is 4.43. The number of hydrogen-bond donors (Lipinski definition) is 1. The van der Waals surface area contributed by atoms with Crippen LogP contribution in [0.15, 0.2) is 41.1 Å². The minimum Gasteiger partial charge on any atom is -0.465 e. The Hall–Kier alpha value is -3.39. The van der Waals surface area contributed by atoms with Gasteiger partial charge in [0.1, 0.15) is 22.5 Å². The van der Waals surface area contributed by atoms with Gasteiger partial charge in [-0.25, -0.2) is 14.3 Å². The van der Waals surface area contributed by atoms with Crippen molar-refractivity contribution in [3.05, 3.63) is 64.3 Å². The molecule has 3 aromatic heterocycles. The lowest BCUT2D eigenvalue weighted by Gasteiger charge is -2.02. The van der Waals surface area contributed by atoms with E-state index in [2.05, 4.69) is 15.4 Å². The van der Waals surface area contributed by atoms with Crippen LogP contribution >= 0.6 is 11.6 Å². The molecule has 0 spiro atoms. The van der Waals surface area contributed by atoms with E-state index in [-0.39, 0.29) is 18.0 Å². The number of amides is 1. The SMILES string of the molecule is COC(=O)c1cc(Cl)cc2cc(CNC(=O)c3cnn4ccc(C)nc34)oc12. The third-order valence-electron chi connectivity index (χ3n) is 4.21. The van der Waals surface area contributed by atoms with Crippen LogP contribution in [0.5, 0.6) is 0 Å². The Morgan fingerprint density at radius 2 is 2.11 bits per heavy atom. The first-order valence-electron chi connectivity index (χ1n) is 8.35. The lowest BCUT2D eigenvalue weighted by atomic mass is 10.1. The topological polar surface area (TPSA) is 98.7 Å². The second-order valence-electron chi connectivity index (χ2n) is 6.15. The average molecular weight is 399 g/mol. The Kier molecular flexibility index (Phi) is 4.48. The summed E-state index contributed by atoms with van der Waals surface area (Å²) in [7, 11) is 1.28. The molecule has 142 valence electrons. The Morgan fingerprint density at radius 3 is 2.89 bits per heavy atom. The molecule has 0 aliphatic rings. The number of aromatic nitrogens is 3. The molecule has 0 unspecified atom stereocenters. The highest BCUT2D eigenvalue weighted by Gasteiger charge is 2.18. The van der Waals surface area contributed by atoms with Crippen molar-refractivity contribution in [3.63, 3.8) is 0 Å². The Bertz CT molecular complexity index is 1230. The molecule has 0 saturated heterocycles. The Labute approximate surface area is 164 Å². The number of nitrogens with zero attached hydrogens (tertiary/aromatic N) is 3. The van der Waals surface area contributed by atoms with Crippen LogP contribution in [0.4, 0.5) is 0 Å². The minimum absolute atomic E-state index is 0.120. The average Bonchev–Trinajstić information content (AvgIpc) is 3.28. The number of ether oxygens (including phenoxy) is 1. The summed E-state index contributed by atoms with van der Waals surface area (Å²) in [5, 5.41) is 7.93. The first-order chi connectivity index (χ1) is 13.5. The van der Waals surface area contributed by atoms with E-state index >= 15 is 0 Å². The van der Waals surface area contributed by atoms with Gasteiger partial charge in [0.2, 0.25) is 0 Å². The first kappa shape index (κ1) is 18.0. The molecule has 0 fully saturated rings. The van der Waals surface area contributed by atoms with Crippen LogP contribution < -0.4 is 5.32 Å². The summed E-state index contributed by atoms with van der Waals surface area (Å²) < 4.78 is 12.0. The van der Waals surface area contributed by atoms with Crippen molar-refractivity contribution < 1.29 is 18.7 Å². The Morgan fingerprint density at radius 1 is 1.29 bits per heavy atom. The zero-order chi connectivity index (χ0) is 19.8. The number of methoxy groups -OCH3 is 1. The number of nitrogens with one attached hydrogen (secondary N) is 1. The summed E-state index contributed by atoms with van der Waals surface area (Å²) in [6.45, 7) is 1.96. The zero-order valence-corrected chi connectivity index (χ0v) is 15.8. The van der Waals surface area contributed by atoms with Gasteiger partial charge < -0.3 is 14.5 Å². The highest BCUT2D eigenvalue weighted by molar-refractivity contribution is 6.32. The maximum atomic E-state index is 12.6. The maximum absolute atomic E-state index is 12.6. The fourth-order valence-corrected chi connectivity index (χ4v) is 3.13. The van der Waals surface area contributed by atoms with E-state index < -0.39 is 5.97 Å². The standard InChI is InChI=1S/C19H15ClN4O4/c1-10-3-4-24-17(23-10)15(9-22-24)18(25)21-8-13-6-11-5-12(20)7-14(16(11)28-13)19(26)27-2/h3-7,9H,8H2,1-2H3,(H,21,25). The number of rotatable bonds is 4. The van der Waals surface area contributed by atoms with Gasteiger partial charge in [0, 0.05) is 22.3 Å². The highest BCUT2D eigenvalue weighted by Crippen LogP contribution is 2.28. The molecule has 0 radical (unpaired) electrons. The molecule has 1 N–H and O–H groups in total. The highest BCUT2D eigenvalue weighted by atomic mass is 35.5. The maximum Gasteiger partial charge on any atom is 0.341 e. The molecule has 0 bridgehead atoms. The van der Waals surface area contributed by atoms with Crippen molar-refractivity contribution in [3.8, 4) is 0 Å². The molecule has 0 aliphatic heterocycles. The lowest BCUT2D eigenvalue weighted by molar-refractivity contribution is 0.0601.